The molecule has 0 spiro atoms. The van der Waals surface area contributed by atoms with E-state index in [0.29, 0.717) is 18.8 Å². The van der Waals surface area contributed by atoms with Crippen molar-refractivity contribution >= 4 is 27.3 Å². The third-order valence-corrected chi connectivity index (χ3v) is 6.51. The van der Waals surface area contributed by atoms with Gasteiger partial charge < -0.3 is 10.1 Å². The monoisotopic (exact) mass is 437 g/mol. The molecule has 0 aromatic heterocycles. The molecule has 1 aliphatic rings. The molecule has 30 heavy (non-hydrogen) atoms. The van der Waals surface area contributed by atoms with Crippen LogP contribution in [0.2, 0.25) is 0 Å². The van der Waals surface area contributed by atoms with Crippen LogP contribution in [0.4, 0.5) is 15.8 Å². The second kappa shape index (κ2) is 8.76. The standard InChI is InChI=1S/C19H20FN3O6S/c1-13(19(24)21-15-6-4-14(20)5-7-15)29-18-9-8-16(12-17(18)23(25)26)30(27,28)22-10-2-3-11-22/h4-9,12-13H,2-3,10-11H2,1H3,(H,21,24). The number of nitrogens with one attached hydrogen (secondary N) is 1. The summed E-state index contributed by atoms with van der Waals surface area (Å²) in [5.41, 5.74) is -0.227. The number of carbonyl (C=O) groups is 1. The summed E-state index contributed by atoms with van der Waals surface area (Å²) in [6, 6.07) is 8.40. The van der Waals surface area contributed by atoms with E-state index in [9.17, 15) is 27.7 Å². The minimum Gasteiger partial charge on any atom is -0.474 e. The first kappa shape index (κ1) is 21.7. The lowest BCUT2D eigenvalue weighted by Gasteiger charge is -2.17. The molecule has 9 nitrogen and oxygen atoms in total. The zero-order valence-corrected chi connectivity index (χ0v) is 16.9. The number of nitro groups is 1. The van der Waals surface area contributed by atoms with Crippen molar-refractivity contribution in [3.63, 3.8) is 0 Å². The van der Waals surface area contributed by atoms with Crippen molar-refractivity contribution in [3.05, 3.63) is 58.4 Å². The number of benzene rings is 2. The molecule has 11 heteroatoms. The summed E-state index contributed by atoms with van der Waals surface area (Å²) >= 11 is 0. The predicted octanol–water partition coefficient (Wildman–Crippen LogP) is 2.92. The van der Waals surface area contributed by atoms with E-state index in [1.807, 2.05) is 0 Å². The fraction of sp³-hybridized carbons (Fsp3) is 0.316. The summed E-state index contributed by atoms with van der Waals surface area (Å²) in [6.07, 6.45) is 0.349. The first-order chi connectivity index (χ1) is 14.2. The molecule has 1 aliphatic heterocycles. The van der Waals surface area contributed by atoms with E-state index in [1.54, 1.807) is 0 Å². The first-order valence-corrected chi connectivity index (χ1v) is 10.6. The van der Waals surface area contributed by atoms with E-state index >= 15 is 0 Å². The molecular weight excluding hydrogens is 417 g/mol. The zero-order chi connectivity index (χ0) is 21.9. The Kier molecular flexibility index (Phi) is 6.32. The van der Waals surface area contributed by atoms with Crippen LogP contribution in [-0.2, 0) is 14.8 Å². The molecule has 1 N–H and O–H groups in total. The Morgan fingerprint density at radius 1 is 1.20 bits per heavy atom. The molecule has 160 valence electrons. The molecule has 1 heterocycles. The summed E-state index contributed by atoms with van der Waals surface area (Å²) in [7, 11) is -3.84. The molecular formula is C19H20FN3O6S. The van der Waals surface area contributed by atoms with E-state index < -0.39 is 38.5 Å². The summed E-state index contributed by atoms with van der Waals surface area (Å²) < 4.78 is 45.0. The van der Waals surface area contributed by atoms with Crippen LogP contribution in [0.25, 0.3) is 0 Å². The van der Waals surface area contributed by atoms with Crippen LogP contribution in [0.3, 0.4) is 0 Å². The third kappa shape index (κ3) is 4.74. The van der Waals surface area contributed by atoms with Crippen molar-refractivity contribution in [2.45, 2.75) is 30.8 Å². The zero-order valence-electron chi connectivity index (χ0n) is 16.1. The molecule has 1 unspecified atom stereocenters. The average molecular weight is 437 g/mol. The SMILES string of the molecule is CC(Oc1ccc(S(=O)(=O)N2CCCC2)cc1[N+](=O)[O-])C(=O)Nc1ccc(F)cc1. The highest BCUT2D eigenvalue weighted by atomic mass is 32.2. The quantitative estimate of drug-likeness (QED) is 0.525. The molecule has 0 radical (unpaired) electrons. The minimum atomic E-state index is -3.84. The van der Waals surface area contributed by atoms with Crippen LogP contribution >= 0.6 is 0 Å². The predicted molar refractivity (Wildman–Crippen MR) is 106 cm³/mol. The van der Waals surface area contributed by atoms with Crippen LogP contribution in [0.15, 0.2) is 47.4 Å². The Hall–Kier alpha value is -3.05. The van der Waals surface area contributed by atoms with Crippen LogP contribution < -0.4 is 10.1 Å². The van der Waals surface area contributed by atoms with E-state index in [-0.39, 0.29) is 10.6 Å². The highest BCUT2D eigenvalue weighted by Crippen LogP contribution is 2.32. The molecule has 0 saturated carbocycles. The number of rotatable bonds is 7. The highest BCUT2D eigenvalue weighted by Gasteiger charge is 2.30. The van der Waals surface area contributed by atoms with Gasteiger partial charge in [0, 0.05) is 24.8 Å². The average Bonchev–Trinajstić information content (AvgIpc) is 3.25. The Labute approximate surface area is 172 Å². The van der Waals surface area contributed by atoms with E-state index in [0.717, 1.165) is 18.9 Å². The Morgan fingerprint density at radius 3 is 2.43 bits per heavy atom. The van der Waals surface area contributed by atoms with E-state index in [1.165, 1.54) is 47.6 Å². The van der Waals surface area contributed by atoms with Crippen molar-refractivity contribution in [2.75, 3.05) is 18.4 Å². The number of carbonyl (C=O) groups excluding carboxylic acids is 1. The van der Waals surface area contributed by atoms with Crippen molar-refractivity contribution in [1.29, 1.82) is 0 Å². The van der Waals surface area contributed by atoms with Crippen molar-refractivity contribution in [3.8, 4) is 5.75 Å². The molecule has 0 aliphatic carbocycles. The lowest BCUT2D eigenvalue weighted by atomic mass is 10.2. The van der Waals surface area contributed by atoms with Gasteiger partial charge in [0.15, 0.2) is 11.9 Å². The maximum atomic E-state index is 13.0. The van der Waals surface area contributed by atoms with Gasteiger partial charge in [-0.05, 0) is 56.2 Å². The molecule has 2 aromatic carbocycles. The molecule has 1 fully saturated rings. The molecule has 3 rings (SSSR count). The number of nitro benzene ring substituents is 1. The summed E-state index contributed by atoms with van der Waals surface area (Å²) in [4.78, 5) is 22.8. The topological polar surface area (TPSA) is 119 Å². The van der Waals surface area contributed by atoms with Gasteiger partial charge in [-0.1, -0.05) is 0 Å². The van der Waals surface area contributed by atoms with E-state index in [2.05, 4.69) is 5.32 Å². The number of sulfonamides is 1. The van der Waals surface area contributed by atoms with Gasteiger partial charge in [0.05, 0.1) is 9.82 Å². The first-order valence-electron chi connectivity index (χ1n) is 9.20. The second-order valence-electron chi connectivity index (χ2n) is 6.75. The molecule has 1 saturated heterocycles. The van der Waals surface area contributed by atoms with Gasteiger partial charge in [0.2, 0.25) is 10.0 Å². The number of ether oxygens (including phenoxy) is 1. The lowest BCUT2D eigenvalue weighted by molar-refractivity contribution is -0.386. The minimum absolute atomic E-state index is 0.202. The smallest absolute Gasteiger partial charge is 0.312 e. The van der Waals surface area contributed by atoms with Crippen LogP contribution in [0.5, 0.6) is 5.75 Å². The normalized spacial score (nSPS) is 15.5. The summed E-state index contributed by atoms with van der Waals surface area (Å²) in [6.45, 7) is 2.13. The summed E-state index contributed by atoms with van der Waals surface area (Å²) in [5, 5.41) is 14.0. The third-order valence-electron chi connectivity index (χ3n) is 4.61. The Morgan fingerprint density at radius 2 is 1.83 bits per heavy atom. The maximum Gasteiger partial charge on any atom is 0.312 e. The van der Waals surface area contributed by atoms with Gasteiger partial charge in [0.25, 0.3) is 5.91 Å². The number of halogens is 1. The molecule has 1 amide bonds. The lowest BCUT2D eigenvalue weighted by Crippen LogP contribution is -2.30. The van der Waals surface area contributed by atoms with Gasteiger partial charge in [-0.3, -0.25) is 14.9 Å². The van der Waals surface area contributed by atoms with Gasteiger partial charge in [-0.15, -0.1) is 0 Å². The molecule has 0 bridgehead atoms. The number of hydrogen-bond donors (Lipinski definition) is 1. The fourth-order valence-corrected chi connectivity index (χ4v) is 4.54. The highest BCUT2D eigenvalue weighted by molar-refractivity contribution is 7.89. The number of hydrogen-bond acceptors (Lipinski definition) is 6. The van der Waals surface area contributed by atoms with Crippen molar-refractivity contribution in [1.82, 2.24) is 4.31 Å². The van der Waals surface area contributed by atoms with Gasteiger partial charge in [0.1, 0.15) is 5.82 Å². The molecule has 1 atom stereocenters. The largest absolute Gasteiger partial charge is 0.474 e. The number of nitrogens with zero attached hydrogens (tertiary/aromatic N) is 2. The number of anilines is 1. The van der Waals surface area contributed by atoms with Crippen LogP contribution in [0.1, 0.15) is 19.8 Å². The Balaban J connectivity index is 1.78. The summed E-state index contributed by atoms with van der Waals surface area (Å²) in [5.74, 6) is -1.30. The number of amides is 1. The maximum absolute atomic E-state index is 13.0. The van der Waals surface area contributed by atoms with Crippen LogP contribution in [-0.4, -0.2) is 42.7 Å². The molecule has 2 aromatic rings. The van der Waals surface area contributed by atoms with Crippen LogP contribution in [0, 0.1) is 15.9 Å². The van der Waals surface area contributed by atoms with E-state index in [4.69, 9.17) is 4.74 Å². The van der Waals surface area contributed by atoms with Gasteiger partial charge in [-0.25, -0.2) is 12.8 Å². The fourth-order valence-electron chi connectivity index (χ4n) is 3.00. The Bertz CT molecular complexity index is 1050. The van der Waals surface area contributed by atoms with Crippen molar-refractivity contribution in [2.24, 2.45) is 0 Å². The van der Waals surface area contributed by atoms with Gasteiger partial charge in [-0.2, -0.15) is 4.31 Å². The second-order valence-corrected chi connectivity index (χ2v) is 8.69. The van der Waals surface area contributed by atoms with Gasteiger partial charge >= 0.3 is 5.69 Å². The van der Waals surface area contributed by atoms with Crippen molar-refractivity contribution < 1.29 is 27.3 Å².